The van der Waals surface area contributed by atoms with Gasteiger partial charge in [-0.05, 0) is 33.6 Å². The average molecular weight is 336 g/mol. The van der Waals surface area contributed by atoms with E-state index in [1.165, 1.54) is 4.90 Å². The van der Waals surface area contributed by atoms with E-state index in [0.717, 1.165) is 4.90 Å². The van der Waals surface area contributed by atoms with Crippen molar-refractivity contribution in [2.75, 3.05) is 6.54 Å². The van der Waals surface area contributed by atoms with Crippen LogP contribution in [-0.2, 0) is 9.47 Å². The smallest absolute Gasteiger partial charge is 0.427 e. The quantitative estimate of drug-likeness (QED) is 0.682. The number of hydrogen-bond donors (Lipinski definition) is 0. The van der Waals surface area contributed by atoms with Gasteiger partial charge in [-0.25, -0.2) is 9.59 Å². The Morgan fingerprint density at radius 1 is 1.26 bits per heavy atom. The lowest BCUT2D eigenvalue weighted by molar-refractivity contribution is -0.206. The number of amides is 2. The third kappa shape index (κ3) is 2.70. The SMILES string of the molecule is CC(C)(C)OC(=O)N1[C@@H]2CC[C@H]1[C@H]1C(C(F)(F)F)OC(=O)N1C2. The molecule has 0 aromatic carbocycles. The highest BCUT2D eigenvalue weighted by atomic mass is 19.4. The van der Waals surface area contributed by atoms with Crippen LogP contribution in [0.5, 0.6) is 0 Å². The summed E-state index contributed by atoms with van der Waals surface area (Å²) in [7, 11) is 0. The molecule has 1 unspecified atom stereocenters. The Hall–Kier alpha value is -1.67. The summed E-state index contributed by atoms with van der Waals surface area (Å²) in [5, 5.41) is 0. The molecular weight excluding hydrogens is 317 g/mol. The van der Waals surface area contributed by atoms with Gasteiger partial charge in [0.05, 0.1) is 12.1 Å². The number of halogens is 3. The van der Waals surface area contributed by atoms with Gasteiger partial charge in [0.25, 0.3) is 0 Å². The number of carbonyl (C=O) groups excluding carboxylic acids is 2. The van der Waals surface area contributed by atoms with Gasteiger partial charge >= 0.3 is 18.4 Å². The Morgan fingerprint density at radius 3 is 2.48 bits per heavy atom. The fraction of sp³-hybridized carbons (Fsp3) is 0.857. The van der Waals surface area contributed by atoms with Crippen LogP contribution < -0.4 is 0 Å². The van der Waals surface area contributed by atoms with Crippen molar-refractivity contribution in [3.8, 4) is 0 Å². The highest BCUT2D eigenvalue weighted by Crippen LogP contribution is 2.44. The van der Waals surface area contributed by atoms with E-state index in [1.807, 2.05) is 0 Å². The molecule has 3 rings (SSSR count). The number of piperazine rings is 1. The van der Waals surface area contributed by atoms with Crippen molar-refractivity contribution in [3.63, 3.8) is 0 Å². The molecule has 3 aliphatic heterocycles. The first kappa shape index (κ1) is 16.2. The number of ether oxygens (including phenoxy) is 2. The molecule has 130 valence electrons. The Morgan fingerprint density at radius 2 is 1.91 bits per heavy atom. The molecule has 23 heavy (non-hydrogen) atoms. The molecule has 0 N–H and O–H groups in total. The predicted octanol–water partition coefficient (Wildman–Crippen LogP) is 2.52. The van der Waals surface area contributed by atoms with Crippen molar-refractivity contribution >= 4 is 12.2 Å². The van der Waals surface area contributed by atoms with Gasteiger partial charge in [-0.15, -0.1) is 0 Å². The van der Waals surface area contributed by atoms with Gasteiger partial charge < -0.3 is 9.47 Å². The van der Waals surface area contributed by atoms with E-state index in [1.54, 1.807) is 20.8 Å². The van der Waals surface area contributed by atoms with E-state index in [2.05, 4.69) is 4.74 Å². The van der Waals surface area contributed by atoms with Crippen LogP contribution in [0.1, 0.15) is 33.6 Å². The molecule has 2 bridgehead atoms. The molecule has 0 aromatic heterocycles. The Labute approximate surface area is 131 Å². The maximum Gasteiger partial charge on any atom is 0.427 e. The minimum atomic E-state index is -4.66. The van der Waals surface area contributed by atoms with Gasteiger partial charge in [0.15, 0.2) is 0 Å². The topological polar surface area (TPSA) is 59.1 Å². The molecule has 0 spiro atoms. The number of rotatable bonds is 0. The molecule has 3 fully saturated rings. The third-order valence-corrected chi connectivity index (χ3v) is 4.41. The summed E-state index contributed by atoms with van der Waals surface area (Å²) in [6.45, 7) is 5.14. The van der Waals surface area contributed by atoms with Crippen molar-refractivity contribution in [2.45, 2.75) is 69.6 Å². The minimum Gasteiger partial charge on any atom is -0.444 e. The zero-order valence-electron chi connectivity index (χ0n) is 13.1. The molecule has 2 amide bonds. The van der Waals surface area contributed by atoms with Crippen molar-refractivity contribution in [3.05, 3.63) is 0 Å². The molecule has 3 heterocycles. The van der Waals surface area contributed by atoms with Crippen LogP contribution in [0.25, 0.3) is 0 Å². The summed E-state index contributed by atoms with van der Waals surface area (Å²) in [4.78, 5) is 26.6. The average Bonchev–Trinajstić information content (AvgIpc) is 2.86. The van der Waals surface area contributed by atoms with E-state index < -0.39 is 42.2 Å². The molecule has 0 saturated carbocycles. The van der Waals surface area contributed by atoms with Crippen LogP contribution in [0.15, 0.2) is 0 Å². The van der Waals surface area contributed by atoms with Crippen molar-refractivity contribution < 1.29 is 32.2 Å². The number of nitrogens with zero attached hydrogens (tertiary/aromatic N) is 2. The molecule has 4 atom stereocenters. The largest absolute Gasteiger partial charge is 0.444 e. The maximum atomic E-state index is 13.2. The fourth-order valence-corrected chi connectivity index (χ4v) is 3.65. The standard InChI is InChI=1S/C14H19F3N2O4/c1-13(2,3)23-12(21)19-7-4-5-8(19)9-10(14(15,16)17)22-11(20)18(9)6-7/h7-10H,4-6H2,1-3H3/t7-,8+,9+,10?/m1/s1. The van der Waals surface area contributed by atoms with Crippen LogP contribution in [0.3, 0.4) is 0 Å². The highest BCUT2D eigenvalue weighted by Gasteiger charge is 2.64. The Bertz CT molecular complexity index is 531. The van der Waals surface area contributed by atoms with Gasteiger partial charge in [0, 0.05) is 6.54 Å². The second-order valence-electron chi connectivity index (χ2n) is 7.18. The van der Waals surface area contributed by atoms with E-state index in [4.69, 9.17) is 4.74 Å². The summed E-state index contributed by atoms with van der Waals surface area (Å²) in [5.74, 6) is 0. The van der Waals surface area contributed by atoms with Crippen LogP contribution in [0.4, 0.5) is 22.8 Å². The zero-order chi connectivity index (χ0) is 17.2. The van der Waals surface area contributed by atoms with E-state index >= 15 is 0 Å². The zero-order valence-corrected chi connectivity index (χ0v) is 13.1. The van der Waals surface area contributed by atoms with Crippen molar-refractivity contribution in [1.29, 1.82) is 0 Å². The summed E-state index contributed by atoms with van der Waals surface area (Å²) in [6.07, 6.45) is -7.51. The predicted molar refractivity (Wildman–Crippen MR) is 71.7 cm³/mol. The van der Waals surface area contributed by atoms with Crippen LogP contribution in [0, 0.1) is 0 Å². The van der Waals surface area contributed by atoms with E-state index in [9.17, 15) is 22.8 Å². The Balaban J connectivity index is 1.88. The third-order valence-electron chi connectivity index (χ3n) is 4.41. The van der Waals surface area contributed by atoms with Crippen LogP contribution in [0.2, 0.25) is 0 Å². The monoisotopic (exact) mass is 336 g/mol. The van der Waals surface area contributed by atoms with Crippen molar-refractivity contribution in [2.24, 2.45) is 0 Å². The van der Waals surface area contributed by atoms with Crippen LogP contribution >= 0.6 is 0 Å². The second kappa shape index (κ2) is 4.91. The van der Waals surface area contributed by atoms with Gasteiger partial charge in [-0.1, -0.05) is 0 Å². The number of alkyl halides is 3. The molecule has 6 nitrogen and oxygen atoms in total. The Kier molecular flexibility index (Phi) is 3.46. The van der Waals surface area contributed by atoms with Gasteiger partial charge in [0.2, 0.25) is 6.10 Å². The molecule has 0 aliphatic carbocycles. The maximum absolute atomic E-state index is 13.2. The summed E-state index contributed by atoms with van der Waals surface area (Å²) in [6, 6.07) is -2.26. The first-order valence-electron chi connectivity index (χ1n) is 7.54. The van der Waals surface area contributed by atoms with E-state index in [-0.39, 0.29) is 12.6 Å². The first-order chi connectivity index (χ1) is 10.5. The lowest BCUT2D eigenvalue weighted by Gasteiger charge is -2.43. The first-order valence-corrected chi connectivity index (χ1v) is 7.54. The second-order valence-corrected chi connectivity index (χ2v) is 7.18. The summed E-state index contributed by atoms with van der Waals surface area (Å²) >= 11 is 0. The molecule has 0 aromatic rings. The van der Waals surface area contributed by atoms with Gasteiger partial charge in [-0.2, -0.15) is 13.2 Å². The number of fused-ring (bicyclic) bond motifs is 4. The summed E-state index contributed by atoms with van der Waals surface area (Å²) < 4.78 is 49.4. The van der Waals surface area contributed by atoms with Gasteiger partial charge in [-0.3, -0.25) is 9.80 Å². The fourth-order valence-electron chi connectivity index (χ4n) is 3.65. The molecule has 9 heteroatoms. The number of cyclic esters (lactones) is 1. The van der Waals surface area contributed by atoms with Crippen LogP contribution in [-0.4, -0.2) is 64.5 Å². The number of carbonyl (C=O) groups is 2. The van der Waals surface area contributed by atoms with Gasteiger partial charge in [0.1, 0.15) is 11.6 Å². The lowest BCUT2D eigenvalue weighted by Crippen LogP contribution is -2.63. The lowest BCUT2D eigenvalue weighted by atomic mass is 9.98. The molecule has 3 saturated heterocycles. The molecule has 0 radical (unpaired) electrons. The minimum absolute atomic E-state index is 0.0474. The summed E-state index contributed by atoms with van der Waals surface area (Å²) in [5.41, 5.74) is -0.737. The van der Waals surface area contributed by atoms with E-state index in [0.29, 0.717) is 12.8 Å². The number of hydrogen-bond acceptors (Lipinski definition) is 4. The molecular formula is C14H19F3N2O4. The highest BCUT2D eigenvalue weighted by molar-refractivity contribution is 5.74. The molecule has 3 aliphatic rings. The van der Waals surface area contributed by atoms with Crippen molar-refractivity contribution in [1.82, 2.24) is 9.80 Å². The normalized spacial score (nSPS) is 33.6.